The smallest absolute Gasteiger partial charge is 0.416 e. The van der Waals surface area contributed by atoms with Gasteiger partial charge < -0.3 is 14.6 Å². The molecule has 2 amide bonds. The monoisotopic (exact) mass is 611 g/mol. The third-order valence-electron chi connectivity index (χ3n) is 6.75. The number of nitrogens with one attached hydrogen (secondary N) is 2. The molecule has 0 unspecified atom stereocenters. The summed E-state index contributed by atoms with van der Waals surface area (Å²) in [5.74, 6) is 0.646. The largest absolute Gasteiger partial charge is 0.460 e. The Morgan fingerprint density at radius 2 is 1.71 bits per heavy atom. The third kappa shape index (κ3) is 7.13. The summed E-state index contributed by atoms with van der Waals surface area (Å²) in [6, 6.07) is 5.87. The highest BCUT2D eigenvalue weighted by atomic mass is 32.2. The Hall–Kier alpha value is -3.85. The summed E-state index contributed by atoms with van der Waals surface area (Å²) in [6.45, 7) is 2.24. The molecule has 5 rings (SSSR count). The molecule has 2 fully saturated rings. The van der Waals surface area contributed by atoms with Crippen LogP contribution in [0, 0.1) is 5.92 Å². The molecule has 0 bridgehead atoms. The Morgan fingerprint density at radius 1 is 1.02 bits per heavy atom. The predicted molar refractivity (Wildman–Crippen MR) is 142 cm³/mol. The minimum absolute atomic E-state index is 0.0826. The second kappa shape index (κ2) is 11.8. The molecule has 0 atom stereocenters. The molecular formula is C27H23F6N5O3S. The molecule has 2 aliphatic rings. The van der Waals surface area contributed by atoms with E-state index in [2.05, 4.69) is 20.6 Å². The van der Waals surface area contributed by atoms with Crippen LogP contribution in [0.25, 0.3) is 17.4 Å². The zero-order valence-corrected chi connectivity index (χ0v) is 22.5. The molecule has 222 valence electrons. The van der Waals surface area contributed by atoms with Gasteiger partial charge >= 0.3 is 12.4 Å². The second-order valence-electron chi connectivity index (χ2n) is 9.76. The van der Waals surface area contributed by atoms with Gasteiger partial charge in [0.05, 0.1) is 28.3 Å². The summed E-state index contributed by atoms with van der Waals surface area (Å²) in [4.78, 5) is 34.3. The summed E-state index contributed by atoms with van der Waals surface area (Å²) in [5.41, 5.74) is -2.60. The highest BCUT2D eigenvalue weighted by Crippen LogP contribution is 2.39. The number of carbonyl (C=O) groups excluding carboxylic acids is 2. The van der Waals surface area contributed by atoms with Crippen LogP contribution in [0.3, 0.4) is 0 Å². The van der Waals surface area contributed by atoms with E-state index in [1.54, 1.807) is 12.3 Å². The van der Waals surface area contributed by atoms with Gasteiger partial charge in [-0.15, -0.1) is 0 Å². The molecule has 2 saturated heterocycles. The van der Waals surface area contributed by atoms with E-state index in [1.807, 2.05) is 4.90 Å². The van der Waals surface area contributed by atoms with Crippen molar-refractivity contribution >= 4 is 34.9 Å². The zero-order chi connectivity index (χ0) is 30.1. The minimum atomic E-state index is -4.94. The SMILES string of the molecule is O=C1NC(=O)/C(=C\c2ccnc(N3CCC(CNCc4ccc(-c5cc(C(F)(F)F)cc(C(F)(F)F)c5)o4)CC3)n2)S1. The van der Waals surface area contributed by atoms with E-state index in [0.717, 1.165) is 24.6 Å². The average Bonchev–Trinajstić information content (AvgIpc) is 3.53. The lowest BCUT2D eigenvalue weighted by molar-refractivity contribution is -0.143. The number of rotatable bonds is 7. The van der Waals surface area contributed by atoms with Gasteiger partial charge in [-0.25, -0.2) is 9.97 Å². The number of alkyl halides is 6. The molecule has 2 aromatic heterocycles. The van der Waals surface area contributed by atoms with Crippen molar-refractivity contribution in [3.8, 4) is 11.3 Å². The molecule has 0 spiro atoms. The average molecular weight is 612 g/mol. The van der Waals surface area contributed by atoms with Crippen LogP contribution in [0.2, 0.25) is 0 Å². The summed E-state index contributed by atoms with van der Waals surface area (Å²) in [6.07, 6.45) is -5.12. The first-order valence-corrected chi connectivity index (χ1v) is 13.6. The molecule has 3 aromatic rings. The van der Waals surface area contributed by atoms with Crippen LogP contribution in [-0.2, 0) is 23.7 Å². The fourth-order valence-corrected chi connectivity index (χ4v) is 5.28. The summed E-state index contributed by atoms with van der Waals surface area (Å²) in [7, 11) is 0. The van der Waals surface area contributed by atoms with E-state index >= 15 is 0 Å². The topological polar surface area (TPSA) is 100 Å². The quantitative estimate of drug-likeness (QED) is 0.244. The molecule has 2 aliphatic heterocycles. The van der Waals surface area contributed by atoms with Gasteiger partial charge in [-0.2, -0.15) is 26.3 Å². The Balaban J connectivity index is 1.14. The number of benzene rings is 1. The van der Waals surface area contributed by atoms with E-state index in [0.29, 0.717) is 55.1 Å². The number of carbonyl (C=O) groups is 2. The van der Waals surface area contributed by atoms with E-state index in [1.165, 1.54) is 18.2 Å². The number of aromatic nitrogens is 2. The van der Waals surface area contributed by atoms with Gasteiger partial charge in [0.15, 0.2) is 0 Å². The van der Waals surface area contributed by atoms with Crippen molar-refractivity contribution in [2.45, 2.75) is 31.7 Å². The predicted octanol–water partition coefficient (Wildman–Crippen LogP) is 6.10. The van der Waals surface area contributed by atoms with Gasteiger partial charge in [0.25, 0.3) is 11.1 Å². The molecule has 42 heavy (non-hydrogen) atoms. The minimum Gasteiger partial charge on any atom is -0.460 e. The normalized spacial score (nSPS) is 17.8. The molecule has 15 heteroatoms. The lowest BCUT2D eigenvalue weighted by Crippen LogP contribution is -2.38. The van der Waals surface area contributed by atoms with Crippen molar-refractivity contribution in [2.24, 2.45) is 5.92 Å². The number of hydrogen-bond donors (Lipinski definition) is 2. The van der Waals surface area contributed by atoms with Crippen LogP contribution < -0.4 is 15.5 Å². The van der Waals surface area contributed by atoms with Crippen LogP contribution in [0.1, 0.15) is 35.4 Å². The number of furan rings is 1. The maximum absolute atomic E-state index is 13.2. The Kier molecular flexibility index (Phi) is 8.32. The first kappa shape index (κ1) is 29.6. The second-order valence-corrected chi connectivity index (χ2v) is 10.8. The van der Waals surface area contributed by atoms with Crippen molar-refractivity contribution in [1.82, 2.24) is 20.6 Å². The van der Waals surface area contributed by atoms with Gasteiger partial charge in [0, 0.05) is 24.8 Å². The zero-order valence-electron chi connectivity index (χ0n) is 21.7. The van der Waals surface area contributed by atoms with E-state index in [-0.39, 0.29) is 28.8 Å². The summed E-state index contributed by atoms with van der Waals surface area (Å²) >= 11 is 0.811. The maximum atomic E-state index is 13.2. The van der Waals surface area contributed by atoms with Crippen LogP contribution >= 0.6 is 11.8 Å². The highest BCUT2D eigenvalue weighted by molar-refractivity contribution is 8.18. The molecule has 2 N–H and O–H groups in total. The standard InChI is InChI=1S/C27H23F6N5O3S/c28-26(29,30)17-9-16(10-18(11-17)27(31,32)33)21-2-1-20(41-21)14-34-13-15-4-7-38(8-5-15)24-35-6-3-19(36-24)12-22-23(39)37-25(40)42-22/h1-3,6,9-12,15,34H,4-5,7-8,13-14H2,(H,37,39,40)/b22-12+. The first-order valence-electron chi connectivity index (χ1n) is 12.8. The Bertz CT molecular complexity index is 1480. The molecule has 1 aromatic carbocycles. The third-order valence-corrected chi connectivity index (χ3v) is 7.56. The molecular weight excluding hydrogens is 588 g/mol. The number of imide groups is 1. The van der Waals surface area contributed by atoms with Crippen molar-refractivity contribution in [3.63, 3.8) is 0 Å². The maximum Gasteiger partial charge on any atom is 0.416 e. The highest BCUT2D eigenvalue weighted by Gasteiger charge is 2.37. The number of thioether (sulfide) groups is 1. The Labute approximate surface area is 239 Å². The number of halogens is 6. The number of piperidine rings is 1. The van der Waals surface area contributed by atoms with E-state index in [4.69, 9.17) is 4.42 Å². The Morgan fingerprint density at radius 3 is 2.33 bits per heavy atom. The van der Waals surface area contributed by atoms with E-state index in [9.17, 15) is 35.9 Å². The molecule has 0 aliphatic carbocycles. The van der Waals surface area contributed by atoms with Gasteiger partial charge in [-0.3, -0.25) is 14.9 Å². The fraction of sp³-hybridized carbons (Fsp3) is 0.333. The molecule has 0 radical (unpaired) electrons. The number of anilines is 1. The van der Waals surface area contributed by atoms with Crippen molar-refractivity contribution < 1.29 is 40.3 Å². The number of amides is 2. The number of hydrogen-bond acceptors (Lipinski definition) is 8. The van der Waals surface area contributed by atoms with Crippen LogP contribution in [0.4, 0.5) is 37.1 Å². The molecule has 4 heterocycles. The fourth-order valence-electron chi connectivity index (χ4n) is 4.61. The molecule has 0 saturated carbocycles. The van der Waals surface area contributed by atoms with Gasteiger partial charge in [-0.05, 0) is 79.5 Å². The summed E-state index contributed by atoms with van der Waals surface area (Å²) < 4.78 is 84.7. The summed E-state index contributed by atoms with van der Waals surface area (Å²) in [5, 5.41) is 5.00. The van der Waals surface area contributed by atoms with Crippen molar-refractivity contribution in [2.75, 3.05) is 24.5 Å². The van der Waals surface area contributed by atoms with Crippen molar-refractivity contribution in [3.05, 3.63) is 70.1 Å². The number of nitrogens with zero attached hydrogens (tertiary/aromatic N) is 3. The van der Waals surface area contributed by atoms with Crippen LogP contribution in [-0.4, -0.2) is 40.7 Å². The van der Waals surface area contributed by atoms with Gasteiger partial charge in [0.1, 0.15) is 11.5 Å². The lowest BCUT2D eigenvalue weighted by atomic mass is 9.97. The van der Waals surface area contributed by atoms with Crippen LogP contribution in [0.5, 0.6) is 0 Å². The molecule has 8 nitrogen and oxygen atoms in total. The van der Waals surface area contributed by atoms with Gasteiger partial charge in [-0.1, -0.05) is 0 Å². The van der Waals surface area contributed by atoms with Crippen molar-refractivity contribution in [1.29, 1.82) is 0 Å². The lowest BCUT2D eigenvalue weighted by Gasteiger charge is -2.32. The van der Waals surface area contributed by atoms with Crippen LogP contribution in [0.15, 0.2) is 51.9 Å². The van der Waals surface area contributed by atoms with E-state index < -0.39 is 34.6 Å². The van der Waals surface area contributed by atoms with Gasteiger partial charge in [0.2, 0.25) is 5.95 Å². The first-order chi connectivity index (χ1) is 19.8.